The highest BCUT2D eigenvalue weighted by molar-refractivity contribution is 7.99. The second-order valence-corrected chi connectivity index (χ2v) is 6.65. The predicted molar refractivity (Wildman–Crippen MR) is 95.2 cm³/mol. The Morgan fingerprint density at radius 2 is 2.12 bits per heavy atom. The Hall–Kier alpha value is -2.12. The Balaban J connectivity index is 1.87. The number of hydrogen-bond acceptors (Lipinski definition) is 5. The van der Waals surface area contributed by atoms with Gasteiger partial charge >= 0.3 is 0 Å². The first kappa shape index (κ1) is 16.7. The molecule has 1 atom stereocenters. The summed E-state index contributed by atoms with van der Waals surface area (Å²) >= 11 is 1.53. The summed E-state index contributed by atoms with van der Waals surface area (Å²) in [6.45, 7) is 2.38. The van der Waals surface area contributed by atoms with Crippen molar-refractivity contribution in [2.45, 2.75) is 37.6 Å². The lowest BCUT2D eigenvalue weighted by Gasteiger charge is -2.11. The molecule has 3 aromatic rings. The lowest BCUT2D eigenvalue weighted by atomic mass is 10.1. The van der Waals surface area contributed by atoms with Gasteiger partial charge in [0.2, 0.25) is 0 Å². The molecule has 0 saturated heterocycles. The molecule has 3 rings (SSSR count). The number of aliphatic hydroxyl groups is 1. The van der Waals surface area contributed by atoms with Crippen molar-refractivity contribution in [1.82, 2.24) is 19.7 Å². The van der Waals surface area contributed by atoms with Gasteiger partial charge in [-0.15, -0.1) is 0 Å². The maximum absolute atomic E-state index is 12.2. The van der Waals surface area contributed by atoms with Gasteiger partial charge in [0.15, 0.2) is 10.8 Å². The molecule has 0 fully saturated rings. The second kappa shape index (κ2) is 7.63. The van der Waals surface area contributed by atoms with Crippen LogP contribution in [0.5, 0.6) is 0 Å². The smallest absolute Gasteiger partial charge is 0.262 e. The van der Waals surface area contributed by atoms with Gasteiger partial charge in [-0.25, -0.2) is 9.67 Å². The van der Waals surface area contributed by atoms with E-state index in [2.05, 4.69) is 22.0 Å². The minimum absolute atomic E-state index is 0.195. The van der Waals surface area contributed by atoms with Gasteiger partial charge in [0.25, 0.3) is 5.56 Å². The minimum Gasteiger partial charge on any atom is -0.386 e. The molecule has 2 N–H and O–H groups in total. The summed E-state index contributed by atoms with van der Waals surface area (Å²) in [5.41, 5.74) is 1.12. The van der Waals surface area contributed by atoms with E-state index in [9.17, 15) is 9.90 Å². The van der Waals surface area contributed by atoms with Gasteiger partial charge in [-0.05, 0) is 12.0 Å². The van der Waals surface area contributed by atoms with Crippen molar-refractivity contribution >= 4 is 22.8 Å². The normalized spacial score (nSPS) is 12.6. The Morgan fingerprint density at radius 1 is 1.33 bits per heavy atom. The summed E-state index contributed by atoms with van der Waals surface area (Å²) in [4.78, 5) is 19.5. The third kappa shape index (κ3) is 3.68. The molecule has 0 aliphatic carbocycles. The summed E-state index contributed by atoms with van der Waals surface area (Å²) in [6.07, 6.45) is 2.96. The van der Waals surface area contributed by atoms with Crippen molar-refractivity contribution in [3.8, 4) is 0 Å². The number of aromatic nitrogens is 4. The van der Waals surface area contributed by atoms with E-state index in [0.717, 1.165) is 24.2 Å². The zero-order valence-corrected chi connectivity index (χ0v) is 14.3. The van der Waals surface area contributed by atoms with Gasteiger partial charge in [0.1, 0.15) is 5.39 Å². The number of unbranched alkanes of at least 4 members (excludes halogenated alkanes) is 1. The monoisotopic (exact) mass is 344 g/mol. The lowest BCUT2D eigenvalue weighted by molar-refractivity contribution is 0.153. The van der Waals surface area contributed by atoms with Crippen LogP contribution in [0.3, 0.4) is 0 Å². The molecular formula is C17H20N4O2S. The Morgan fingerprint density at radius 3 is 2.88 bits per heavy atom. The first-order valence-corrected chi connectivity index (χ1v) is 8.99. The molecule has 1 aromatic carbocycles. The van der Waals surface area contributed by atoms with Crippen molar-refractivity contribution in [1.29, 1.82) is 0 Å². The van der Waals surface area contributed by atoms with Crippen LogP contribution in [0.25, 0.3) is 11.0 Å². The van der Waals surface area contributed by atoms with Crippen LogP contribution >= 0.6 is 11.8 Å². The van der Waals surface area contributed by atoms with Gasteiger partial charge in [-0.1, -0.05) is 55.4 Å². The lowest BCUT2D eigenvalue weighted by Crippen LogP contribution is -2.13. The first-order valence-electron chi connectivity index (χ1n) is 8.00. The molecule has 2 heterocycles. The second-order valence-electron chi connectivity index (χ2n) is 5.56. The fraction of sp³-hybridized carbons (Fsp3) is 0.353. The van der Waals surface area contributed by atoms with Crippen LogP contribution in [0.2, 0.25) is 0 Å². The van der Waals surface area contributed by atoms with E-state index in [4.69, 9.17) is 0 Å². The molecule has 0 aliphatic heterocycles. The number of rotatable bonds is 7. The van der Waals surface area contributed by atoms with Crippen LogP contribution in [0.4, 0.5) is 0 Å². The summed E-state index contributed by atoms with van der Waals surface area (Å²) in [7, 11) is 0. The fourth-order valence-electron chi connectivity index (χ4n) is 2.41. The molecule has 0 amide bonds. The Kier molecular flexibility index (Phi) is 5.32. The van der Waals surface area contributed by atoms with E-state index >= 15 is 0 Å². The molecule has 0 aliphatic rings. The maximum Gasteiger partial charge on any atom is 0.262 e. The van der Waals surface area contributed by atoms with E-state index in [-0.39, 0.29) is 12.1 Å². The predicted octanol–water partition coefficient (Wildman–Crippen LogP) is 2.75. The Bertz CT molecular complexity index is 860. The largest absolute Gasteiger partial charge is 0.386 e. The van der Waals surface area contributed by atoms with Crippen LogP contribution in [0, 0.1) is 0 Å². The van der Waals surface area contributed by atoms with Crippen molar-refractivity contribution in [2.24, 2.45) is 0 Å². The van der Waals surface area contributed by atoms with Crippen molar-refractivity contribution in [3.63, 3.8) is 0 Å². The quantitative estimate of drug-likeness (QED) is 0.391. The number of benzene rings is 1. The number of aromatic amines is 1. The van der Waals surface area contributed by atoms with Gasteiger partial charge in [0.05, 0.1) is 18.8 Å². The number of thioether (sulfide) groups is 1. The molecule has 1 unspecified atom stereocenters. The molecule has 7 heteroatoms. The highest BCUT2D eigenvalue weighted by Crippen LogP contribution is 2.19. The minimum atomic E-state index is -0.702. The molecular weight excluding hydrogens is 324 g/mol. The molecule has 0 bridgehead atoms. The number of aliphatic hydroxyl groups excluding tert-OH is 1. The van der Waals surface area contributed by atoms with E-state index in [1.54, 1.807) is 4.68 Å². The highest BCUT2D eigenvalue weighted by atomic mass is 32.2. The average Bonchev–Trinajstić information content (AvgIpc) is 2.99. The third-order valence-corrected chi connectivity index (χ3v) is 4.71. The standard InChI is InChI=1S/C17H20N4O2S/c1-2-3-9-24-17-19-15-13(16(23)20-17)10-18-21(15)11-14(22)12-7-5-4-6-8-12/h4-8,10,14,22H,2-3,9,11H2,1H3,(H,19,20,23). The van der Waals surface area contributed by atoms with E-state index in [0.29, 0.717) is 16.2 Å². The van der Waals surface area contributed by atoms with Crippen LogP contribution in [0.15, 0.2) is 46.5 Å². The van der Waals surface area contributed by atoms with Crippen molar-refractivity contribution in [2.75, 3.05) is 5.75 Å². The zero-order valence-electron chi connectivity index (χ0n) is 13.5. The van der Waals surface area contributed by atoms with Gasteiger partial charge in [-0.2, -0.15) is 5.10 Å². The zero-order chi connectivity index (χ0) is 16.9. The van der Waals surface area contributed by atoms with Crippen LogP contribution < -0.4 is 5.56 Å². The summed E-state index contributed by atoms with van der Waals surface area (Å²) in [5, 5.41) is 15.6. The number of nitrogens with zero attached hydrogens (tertiary/aromatic N) is 3. The van der Waals surface area contributed by atoms with Crippen molar-refractivity contribution < 1.29 is 5.11 Å². The molecule has 0 radical (unpaired) electrons. The highest BCUT2D eigenvalue weighted by Gasteiger charge is 2.14. The molecule has 0 saturated carbocycles. The SMILES string of the molecule is CCCCSc1nc2c(cnn2CC(O)c2ccccc2)c(=O)[nH]1. The number of fused-ring (bicyclic) bond motifs is 1. The number of nitrogens with one attached hydrogen (secondary N) is 1. The van der Waals surface area contributed by atoms with Gasteiger partial charge < -0.3 is 10.1 Å². The Labute approximate surface area is 143 Å². The van der Waals surface area contributed by atoms with E-state index in [1.165, 1.54) is 18.0 Å². The van der Waals surface area contributed by atoms with Crippen molar-refractivity contribution in [3.05, 3.63) is 52.4 Å². The summed E-state index contributed by atoms with van der Waals surface area (Å²) in [5.74, 6) is 0.908. The molecule has 0 spiro atoms. The fourth-order valence-corrected chi connectivity index (χ4v) is 3.35. The molecule has 24 heavy (non-hydrogen) atoms. The average molecular weight is 344 g/mol. The summed E-state index contributed by atoms with van der Waals surface area (Å²) in [6, 6.07) is 9.39. The van der Waals surface area contributed by atoms with E-state index < -0.39 is 6.10 Å². The van der Waals surface area contributed by atoms with Crippen LogP contribution in [0.1, 0.15) is 31.4 Å². The first-order chi connectivity index (χ1) is 11.7. The molecule has 126 valence electrons. The van der Waals surface area contributed by atoms with Gasteiger partial charge in [-0.3, -0.25) is 4.79 Å². The topological polar surface area (TPSA) is 83.8 Å². The number of hydrogen-bond donors (Lipinski definition) is 2. The molecule has 6 nitrogen and oxygen atoms in total. The van der Waals surface area contributed by atoms with Crippen LogP contribution in [-0.2, 0) is 6.54 Å². The molecule has 2 aromatic heterocycles. The maximum atomic E-state index is 12.2. The van der Waals surface area contributed by atoms with E-state index in [1.807, 2.05) is 30.3 Å². The third-order valence-electron chi connectivity index (χ3n) is 3.75. The number of H-pyrrole nitrogens is 1. The summed E-state index contributed by atoms with van der Waals surface area (Å²) < 4.78 is 1.59. The van der Waals surface area contributed by atoms with Gasteiger partial charge in [0, 0.05) is 5.75 Å². The van der Waals surface area contributed by atoms with Crippen LogP contribution in [-0.4, -0.2) is 30.6 Å².